The summed E-state index contributed by atoms with van der Waals surface area (Å²) in [6.45, 7) is 0.566. The first-order chi connectivity index (χ1) is 6.22. The Balaban J connectivity index is 2.73. The van der Waals surface area contributed by atoms with Gasteiger partial charge in [0.15, 0.2) is 0 Å². The van der Waals surface area contributed by atoms with Crippen LogP contribution in [0.5, 0.6) is 0 Å². The second kappa shape index (κ2) is 4.47. The molecule has 1 rings (SSSR count). The molecule has 0 spiro atoms. The normalized spacial score (nSPS) is 9.62. The molecule has 0 saturated heterocycles. The lowest BCUT2D eigenvalue weighted by molar-refractivity contribution is 0.210. The third-order valence-electron chi connectivity index (χ3n) is 1.61. The molecule has 0 unspecified atom stereocenters. The number of anilines is 1. The predicted molar refractivity (Wildman–Crippen MR) is 50.8 cm³/mol. The molecule has 0 aliphatic rings. The molecule has 0 aliphatic carbocycles. The van der Waals surface area contributed by atoms with Crippen LogP contribution in [0.3, 0.4) is 0 Å². The summed E-state index contributed by atoms with van der Waals surface area (Å²) in [7, 11) is 0. The fourth-order valence-corrected chi connectivity index (χ4v) is 1.09. The number of benzene rings is 1. The van der Waals surface area contributed by atoms with Crippen LogP contribution in [0.1, 0.15) is 5.56 Å². The quantitative estimate of drug-likeness (QED) is 0.655. The van der Waals surface area contributed by atoms with E-state index in [1.54, 1.807) is 18.2 Å². The number of carbonyl (C=O) groups is 1. The maximum Gasteiger partial charge on any atom is 0.409 e. The van der Waals surface area contributed by atoms with Crippen molar-refractivity contribution in [2.75, 3.05) is 11.9 Å². The van der Waals surface area contributed by atoms with Gasteiger partial charge >= 0.3 is 6.09 Å². The highest BCUT2D eigenvalue weighted by molar-refractivity contribution is 5.82. The second-order valence-corrected chi connectivity index (χ2v) is 2.67. The summed E-state index contributed by atoms with van der Waals surface area (Å²) in [6, 6.07) is 7.20. The first-order valence-electron chi connectivity index (χ1n) is 4.01. The van der Waals surface area contributed by atoms with Gasteiger partial charge in [-0.25, -0.2) is 4.79 Å². The predicted octanol–water partition coefficient (Wildman–Crippen LogP) is 1.28. The zero-order valence-electron chi connectivity index (χ0n) is 7.16. The van der Waals surface area contributed by atoms with Crippen molar-refractivity contribution >= 4 is 11.8 Å². The molecule has 1 aromatic rings. The van der Waals surface area contributed by atoms with Crippen LogP contribution in [-0.4, -0.2) is 17.7 Å². The Morgan fingerprint density at radius 1 is 1.54 bits per heavy atom. The van der Waals surface area contributed by atoms with Crippen molar-refractivity contribution in [1.29, 1.82) is 0 Å². The summed E-state index contributed by atoms with van der Waals surface area (Å²) in [5, 5.41) is 10.7. The van der Waals surface area contributed by atoms with Crippen molar-refractivity contribution in [3.63, 3.8) is 0 Å². The van der Waals surface area contributed by atoms with Gasteiger partial charge in [-0.1, -0.05) is 12.1 Å². The second-order valence-electron chi connectivity index (χ2n) is 2.67. The van der Waals surface area contributed by atoms with E-state index >= 15 is 0 Å². The van der Waals surface area contributed by atoms with Crippen molar-refractivity contribution < 1.29 is 9.90 Å². The van der Waals surface area contributed by atoms with Gasteiger partial charge < -0.3 is 10.8 Å². The number of amides is 1. The van der Waals surface area contributed by atoms with Crippen molar-refractivity contribution in [2.45, 2.75) is 6.42 Å². The Bertz CT molecular complexity index is 299. The number of carboxylic acid groups (broad SMARTS) is 1. The van der Waals surface area contributed by atoms with E-state index in [0.717, 1.165) is 12.0 Å². The van der Waals surface area contributed by atoms with Crippen molar-refractivity contribution in [1.82, 2.24) is 0 Å². The Morgan fingerprint density at radius 3 is 2.92 bits per heavy atom. The largest absolute Gasteiger partial charge is 0.465 e. The highest BCUT2D eigenvalue weighted by atomic mass is 16.4. The Labute approximate surface area is 76.4 Å². The Morgan fingerprint density at radius 2 is 2.31 bits per heavy atom. The van der Waals surface area contributed by atoms with Gasteiger partial charge in [0.1, 0.15) is 0 Å². The lowest BCUT2D eigenvalue weighted by Gasteiger charge is -2.03. The third-order valence-corrected chi connectivity index (χ3v) is 1.61. The topological polar surface area (TPSA) is 75.3 Å². The van der Waals surface area contributed by atoms with E-state index in [2.05, 4.69) is 5.32 Å². The minimum absolute atomic E-state index is 0.566. The number of hydrogen-bond acceptors (Lipinski definition) is 2. The van der Waals surface area contributed by atoms with Gasteiger partial charge in [-0.3, -0.25) is 5.32 Å². The van der Waals surface area contributed by atoms with Gasteiger partial charge in [0.2, 0.25) is 0 Å². The highest BCUT2D eigenvalue weighted by Crippen LogP contribution is 2.10. The lowest BCUT2D eigenvalue weighted by Crippen LogP contribution is -2.08. The Hall–Kier alpha value is -1.55. The molecule has 0 bridgehead atoms. The average Bonchev–Trinajstić information content (AvgIpc) is 2.04. The van der Waals surface area contributed by atoms with Crippen LogP contribution in [0.4, 0.5) is 10.5 Å². The zero-order valence-corrected chi connectivity index (χ0v) is 7.16. The van der Waals surface area contributed by atoms with Gasteiger partial charge in [-0.15, -0.1) is 0 Å². The fourth-order valence-electron chi connectivity index (χ4n) is 1.09. The SMILES string of the molecule is NCCc1cccc(NC(=O)O)c1. The minimum Gasteiger partial charge on any atom is -0.465 e. The summed E-state index contributed by atoms with van der Waals surface area (Å²) in [5.74, 6) is 0. The summed E-state index contributed by atoms with van der Waals surface area (Å²) >= 11 is 0. The summed E-state index contributed by atoms with van der Waals surface area (Å²) in [6.07, 6.45) is -0.292. The number of rotatable bonds is 3. The molecule has 4 heteroatoms. The van der Waals surface area contributed by atoms with Crippen molar-refractivity contribution in [2.24, 2.45) is 5.73 Å². The summed E-state index contributed by atoms with van der Waals surface area (Å²) < 4.78 is 0. The molecule has 0 saturated carbocycles. The van der Waals surface area contributed by atoms with Crippen LogP contribution in [0.15, 0.2) is 24.3 Å². The maximum atomic E-state index is 10.3. The molecular weight excluding hydrogens is 168 g/mol. The number of hydrogen-bond donors (Lipinski definition) is 3. The van der Waals surface area contributed by atoms with E-state index in [9.17, 15) is 4.79 Å². The van der Waals surface area contributed by atoms with Crippen LogP contribution < -0.4 is 11.1 Å². The first kappa shape index (κ1) is 9.54. The molecule has 0 atom stereocenters. The summed E-state index contributed by atoms with van der Waals surface area (Å²) in [4.78, 5) is 10.3. The van der Waals surface area contributed by atoms with Gasteiger partial charge in [-0.2, -0.15) is 0 Å². The van der Waals surface area contributed by atoms with Gasteiger partial charge in [0.25, 0.3) is 0 Å². The first-order valence-corrected chi connectivity index (χ1v) is 4.01. The fraction of sp³-hybridized carbons (Fsp3) is 0.222. The molecule has 13 heavy (non-hydrogen) atoms. The van der Waals surface area contributed by atoms with E-state index in [1.165, 1.54) is 0 Å². The third kappa shape index (κ3) is 3.13. The average molecular weight is 180 g/mol. The van der Waals surface area contributed by atoms with E-state index < -0.39 is 6.09 Å². The monoisotopic (exact) mass is 180 g/mol. The molecule has 0 fully saturated rings. The van der Waals surface area contributed by atoms with Crippen LogP contribution in [0, 0.1) is 0 Å². The molecule has 4 nitrogen and oxygen atoms in total. The minimum atomic E-state index is -1.05. The number of nitrogens with one attached hydrogen (secondary N) is 1. The van der Waals surface area contributed by atoms with Crippen LogP contribution in [-0.2, 0) is 6.42 Å². The van der Waals surface area contributed by atoms with Crippen LogP contribution >= 0.6 is 0 Å². The van der Waals surface area contributed by atoms with Crippen molar-refractivity contribution in [3.05, 3.63) is 29.8 Å². The van der Waals surface area contributed by atoms with Crippen molar-refractivity contribution in [3.8, 4) is 0 Å². The van der Waals surface area contributed by atoms with Gasteiger partial charge in [-0.05, 0) is 30.7 Å². The van der Waals surface area contributed by atoms with E-state index in [4.69, 9.17) is 10.8 Å². The molecule has 0 radical (unpaired) electrons. The Kier molecular flexibility index (Phi) is 3.28. The summed E-state index contributed by atoms with van der Waals surface area (Å²) in [5.41, 5.74) is 6.99. The molecule has 0 aromatic heterocycles. The molecule has 1 amide bonds. The number of nitrogens with two attached hydrogens (primary N) is 1. The highest BCUT2D eigenvalue weighted by Gasteiger charge is 1.98. The van der Waals surface area contributed by atoms with E-state index in [-0.39, 0.29) is 0 Å². The standard InChI is InChI=1S/C9H12N2O2/c10-5-4-7-2-1-3-8(6-7)11-9(12)13/h1-3,6,11H,4-5,10H2,(H,12,13). The zero-order chi connectivity index (χ0) is 9.68. The maximum absolute atomic E-state index is 10.3. The van der Waals surface area contributed by atoms with Crippen LogP contribution in [0.25, 0.3) is 0 Å². The van der Waals surface area contributed by atoms with Gasteiger partial charge in [0, 0.05) is 5.69 Å². The smallest absolute Gasteiger partial charge is 0.409 e. The van der Waals surface area contributed by atoms with Gasteiger partial charge in [0.05, 0.1) is 0 Å². The molecule has 0 heterocycles. The van der Waals surface area contributed by atoms with Crippen LogP contribution in [0.2, 0.25) is 0 Å². The van der Waals surface area contributed by atoms with E-state index in [0.29, 0.717) is 12.2 Å². The molecular formula is C9H12N2O2. The molecule has 70 valence electrons. The lowest BCUT2D eigenvalue weighted by atomic mass is 10.1. The molecule has 1 aromatic carbocycles. The molecule has 4 N–H and O–H groups in total. The van der Waals surface area contributed by atoms with E-state index in [1.807, 2.05) is 6.07 Å². The molecule has 0 aliphatic heterocycles.